The van der Waals surface area contributed by atoms with Crippen molar-refractivity contribution in [3.05, 3.63) is 12.7 Å². The molecule has 0 saturated heterocycles. The summed E-state index contributed by atoms with van der Waals surface area (Å²) in [6.07, 6.45) is 10.8. The molecule has 136 valence electrons. The van der Waals surface area contributed by atoms with Crippen LogP contribution in [-0.2, 0) is 0 Å². The summed E-state index contributed by atoms with van der Waals surface area (Å²) in [5.74, 6) is 2.22. The molecule has 4 fully saturated rings. The second-order valence-electron chi connectivity index (χ2n) is 9.59. The van der Waals surface area contributed by atoms with E-state index in [9.17, 15) is 15.3 Å². The third-order valence-electron chi connectivity index (χ3n) is 9.18. The zero-order valence-electron chi connectivity index (χ0n) is 15.1. The van der Waals surface area contributed by atoms with Crippen LogP contribution in [0.1, 0.15) is 64.7 Å². The van der Waals surface area contributed by atoms with E-state index in [0.29, 0.717) is 23.7 Å². The zero-order chi connectivity index (χ0) is 17.2. The van der Waals surface area contributed by atoms with Crippen LogP contribution in [0.4, 0.5) is 0 Å². The largest absolute Gasteiger partial charge is 0.396 e. The third-order valence-corrected chi connectivity index (χ3v) is 9.18. The Bertz CT molecular complexity index is 519. The summed E-state index contributed by atoms with van der Waals surface area (Å²) >= 11 is 0. The van der Waals surface area contributed by atoms with Crippen molar-refractivity contribution in [1.29, 1.82) is 0 Å². The average Bonchev–Trinajstić information content (AvgIpc) is 2.86. The fourth-order valence-electron chi connectivity index (χ4n) is 7.72. The molecule has 0 aromatic carbocycles. The van der Waals surface area contributed by atoms with Crippen LogP contribution in [-0.4, -0.2) is 33.6 Å². The van der Waals surface area contributed by atoms with E-state index in [-0.39, 0.29) is 23.5 Å². The molecule has 3 heteroatoms. The SMILES string of the molecule is C=C[C@]1(O)CC[C@H]2[C@@H]3CC[C@H]4C[C@@H](O)CC[C@]4(CO)[C@H]3CC[C@@]21C. The average molecular weight is 335 g/mol. The van der Waals surface area contributed by atoms with Crippen molar-refractivity contribution < 1.29 is 15.3 Å². The lowest BCUT2D eigenvalue weighted by molar-refractivity contribution is -0.166. The summed E-state index contributed by atoms with van der Waals surface area (Å²) in [5.41, 5.74) is -0.736. The Morgan fingerprint density at radius 3 is 2.50 bits per heavy atom. The molecule has 4 aliphatic rings. The van der Waals surface area contributed by atoms with Crippen molar-refractivity contribution in [3.63, 3.8) is 0 Å². The minimum atomic E-state index is -0.714. The molecule has 24 heavy (non-hydrogen) atoms. The van der Waals surface area contributed by atoms with Gasteiger partial charge in [-0.3, -0.25) is 0 Å². The second kappa shape index (κ2) is 5.56. The van der Waals surface area contributed by atoms with Gasteiger partial charge in [0.05, 0.1) is 11.7 Å². The molecular formula is C21H34O3. The molecule has 4 rings (SSSR count). The van der Waals surface area contributed by atoms with Crippen LogP contribution >= 0.6 is 0 Å². The van der Waals surface area contributed by atoms with E-state index in [1.807, 2.05) is 0 Å². The predicted molar refractivity (Wildman–Crippen MR) is 94.3 cm³/mol. The number of aliphatic hydroxyl groups excluding tert-OH is 2. The minimum absolute atomic E-state index is 0.0262. The molecule has 0 unspecified atom stereocenters. The van der Waals surface area contributed by atoms with Gasteiger partial charge in [0.25, 0.3) is 0 Å². The van der Waals surface area contributed by atoms with Crippen LogP contribution < -0.4 is 0 Å². The summed E-state index contributed by atoms with van der Waals surface area (Å²) in [6.45, 7) is 6.50. The highest BCUT2D eigenvalue weighted by molar-refractivity contribution is 5.19. The topological polar surface area (TPSA) is 60.7 Å². The van der Waals surface area contributed by atoms with E-state index < -0.39 is 5.60 Å². The number of hydrogen-bond acceptors (Lipinski definition) is 3. The van der Waals surface area contributed by atoms with Gasteiger partial charge in [0.2, 0.25) is 0 Å². The quantitative estimate of drug-likeness (QED) is 0.679. The molecule has 0 aromatic heterocycles. The zero-order valence-corrected chi connectivity index (χ0v) is 15.1. The standard InChI is InChI=1S/C21H34O3/c1-3-21(24)11-8-17-16-5-4-14-12-15(23)6-10-20(14,13-22)18(16)7-9-19(17,21)2/h3,14-18,22-24H,1,4-13H2,2H3/t14-,15-,16-,17-,18-,19-,20+,21-/m0/s1. The Kier molecular flexibility index (Phi) is 3.95. The van der Waals surface area contributed by atoms with E-state index in [0.717, 1.165) is 51.4 Å². The van der Waals surface area contributed by atoms with Crippen LogP contribution in [0.3, 0.4) is 0 Å². The molecule has 4 saturated carbocycles. The van der Waals surface area contributed by atoms with E-state index in [4.69, 9.17) is 0 Å². The van der Waals surface area contributed by atoms with E-state index in [1.54, 1.807) is 6.08 Å². The molecule has 0 spiro atoms. The molecule has 0 radical (unpaired) electrons. The maximum atomic E-state index is 11.1. The van der Waals surface area contributed by atoms with Gasteiger partial charge in [0.15, 0.2) is 0 Å². The first kappa shape index (κ1) is 17.1. The van der Waals surface area contributed by atoms with Gasteiger partial charge in [-0.25, -0.2) is 0 Å². The Hall–Kier alpha value is -0.380. The van der Waals surface area contributed by atoms with Crippen molar-refractivity contribution in [2.45, 2.75) is 76.4 Å². The number of aliphatic hydroxyl groups is 3. The van der Waals surface area contributed by atoms with Crippen molar-refractivity contribution in [1.82, 2.24) is 0 Å². The van der Waals surface area contributed by atoms with Crippen LogP contribution in [0.15, 0.2) is 12.7 Å². The highest BCUT2D eigenvalue weighted by Gasteiger charge is 2.64. The lowest BCUT2D eigenvalue weighted by atomic mass is 9.44. The van der Waals surface area contributed by atoms with Crippen LogP contribution in [0, 0.1) is 34.5 Å². The maximum Gasteiger partial charge on any atom is 0.0881 e. The summed E-state index contributed by atoms with van der Waals surface area (Å²) in [4.78, 5) is 0. The van der Waals surface area contributed by atoms with Crippen molar-refractivity contribution >= 4 is 0 Å². The Morgan fingerprint density at radius 2 is 1.79 bits per heavy atom. The summed E-state index contributed by atoms with van der Waals surface area (Å²) in [6, 6.07) is 0. The van der Waals surface area contributed by atoms with Crippen molar-refractivity contribution in [2.24, 2.45) is 34.5 Å². The first-order valence-corrected chi connectivity index (χ1v) is 10.0. The molecule has 0 aliphatic heterocycles. The van der Waals surface area contributed by atoms with Crippen LogP contribution in [0.5, 0.6) is 0 Å². The molecule has 0 bridgehead atoms. The molecule has 0 heterocycles. The minimum Gasteiger partial charge on any atom is -0.396 e. The Balaban J connectivity index is 1.67. The van der Waals surface area contributed by atoms with Gasteiger partial charge < -0.3 is 15.3 Å². The smallest absolute Gasteiger partial charge is 0.0881 e. The summed E-state index contributed by atoms with van der Waals surface area (Å²) < 4.78 is 0. The second-order valence-corrected chi connectivity index (χ2v) is 9.59. The van der Waals surface area contributed by atoms with Crippen LogP contribution in [0.2, 0.25) is 0 Å². The molecule has 8 atom stereocenters. The van der Waals surface area contributed by atoms with Crippen LogP contribution in [0.25, 0.3) is 0 Å². The number of fused-ring (bicyclic) bond motifs is 5. The molecule has 0 amide bonds. The number of rotatable bonds is 2. The summed E-state index contributed by atoms with van der Waals surface area (Å²) in [7, 11) is 0. The first-order chi connectivity index (χ1) is 11.4. The van der Waals surface area contributed by atoms with Gasteiger partial charge in [-0.1, -0.05) is 13.0 Å². The molecule has 3 nitrogen and oxygen atoms in total. The molecular weight excluding hydrogens is 300 g/mol. The first-order valence-electron chi connectivity index (χ1n) is 10.0. The van der Waals surface area contributed by atoms with E-state index >= 15 is 0 Å². The predicted octanol–water partition coefficient (Wildman–Crippen LogP) is 3.28. The normalized spacial score (nSPS) is 56.9. The molecule has 4 aliphatic carbocycles. The van der Waals surface area contributed by atoms with Crippen molar-refractivity contribution in [2.75, 3.05) is 6.61 Å². The maximum absolute atomic E-state index is 11.1. The Labute approximate surface area is 146 Å². The van der Waals surface area contributed by atoms with E-state index in [1.165, 1.54) is 6.42 Å². The van der Waals surface area contributed by atoms with Gasteiger partial charge in [-0.05, 0) is 86.9 Å². The lowest BCUT2D eigenvalue weighted by Gasteiger charge is -2.62. The number of hydrogen-bond donors (Lipinski definition) is 3. The fourth-order valence-corrected chi connectivity index (χ4v) is 7.72. The van der Waals surface area contributed by atoms with Gasteiger partial charge in [0, 0.05) is 12.0 Å². The van der Waals surface area contributed by atoms with Crippen molar-refractivity contribution in [3.8, 4) is 0 Å². The monoisotopic (exact) mass is 334 g/mol. The van der Waals surface area contributed by atoms with Gasteiger partial charge in [-0.2, -0.15) is 0 Å². The molecule has 0 aromatic rings. The summed E-state index contributed by atoms with van der Waals surface area (Å²) in [5, 5.41) is 31.7. The third kappa shape index (κ3) is 2.01. The fraction of sp³-hybridized carbons (Fsp3) is 0.905. The highest BCUT2D eigenvalue weighted by Crippen LogP contribution is 2.68. The Morgan fingerprint density at radius 1 is 1.04 bits per heavy atom. The lowest BCUT2D eigenvalue weighted by Crippen LogP contribution is -2.58. The van der Waals surface area contributed by atoms with Gasteiger partial charge in [-0.15, -0.1) is 6.58 Å². The van der Waals surface area contributed by atoms with Gasteiger partial charge >= 0.3 is 0 Å². The molecule has 3 N–H and O–H groups in total. The van der Waals surface area contributed by atoms with E-state index in [2.05, 4.69) is 13.5 Å². The highest BCUT2D eigenvalue weighted by atomic mass is 16.3. The van der Waals surface area contributed by atoms with Gasteiger partial charge in [0.1, 0.15) is 0 Å².